The summed E-state index contributed by atoms with van der Waals surface area (Å²) in [6.45, 7) is 1.59. The number of hydrogen-bond donors (Lipinski definition) is 2. The molecule has 0 saturated heterocycles. The van der Waals surface area contributed by atoms with Crippen molar-refractivity contribution in [3.05, 3.63) is 53.3 Å². The second-order valence-corrected chi connectivity index (χ2v) is 5.69. The zero-order valence-electron chi connectivity index (χ0n) is 13.2. The Hall–Kier alpha value is -2.89. The van der Waals surface area contributed by atoms with E-state index in [-0.39, 0.29) is 18.2 Å². The van der Waals surface area contributed by atoms with Gasteiger partial charge < -0.3 is 15.4 Å². The van der Waals surface area contributed by atoms with Crippen LogP contribution in [0, 0.1) is 12.7 Å². The van der Waals surface area contributed by atoms with Gasteiger partial charge in [-0.05, 0) is 54.8 Å². The number of anilines is 2. The van der Waals surface area contributed by atoms with Crippen LogP contribution in [0.15, 0.2) is 36.4 Å². The Kier molecular flexibility index (Phi) is 4.46. The third-order valence-electron chi connectivity index (χ3n) is 3.74. The number of carbonyl (C=O) groups is 2. The number of ether oxygens (including phenoxy) is 1. The summed E-state index contributed by atoms with van der Waals surface area (Å²) in [6.07, 6.45) is 1.07. The number of rotatable bonds is 4. The average molecular weight is 328 g/mol. The van der Waals surface area contributed by atoms with Crippen molar-refractivity contribution in [2.45, 2.75) is 19.8 Å². The van der Waals surface area contributed by atoms with E-state index in [0.29, 0.717) is 18.6 Å². The molecular weight excluding hydrogens is 311 g/mol. The molecule has 0 fully saturated rings. The summed E-state index contributed by atoms with van der Waals surface area (Å²) in [5.41, 5.74) is 2.73. The molecule has 0 saturated carbocycles. The van der Waals surface area contributed by atoms with E-state index in [1.165, 1.54) is 6.07 Å². The van der Waals surface area contributed by atoms with Crippen molar-refractivity contribution in [3.63, 3.8) is 0 Å². The molecule has 0 unspecified atom stereocenters. The molecule has 2 aromatic carbocycles. The maximum Gasteiger partial charge on any atom is 0.262 e. The molecule has 0 aliphatic carbocycles. The van der Waals surface area contributed by atoms with Gasteiger partial charge in [0.15, 0.2) is 6.61 Å². The summed E-state index contributed by atoms with van der Waals surface area (Å²) in [5, 5.41) is 5.27. The molecule has 0 bridgehead atoms. The highest BCUT2D eigenvalue weighted by Crippen LogP contribution is 2.26. The Labute approximate surface area is 138 Å². The van der Waals surface area contributed by atoms with E-state index in [0.717, 1.165) is 16.8 Å². The topological polar surface area (TPSA) is 67.4 Å². The van der Waals surface area contributed by atoms with Crippen molar-refractivity contribution in [3.8, 4) is 5.75 Å². The van der Waals surface area contributed by atoms with E-state index >= 15 is 0 Å². The summed E-state index contributed by atoms with van der Waals surface area (Å²) in [4.78, 5) is 23.2. The van der Waals surface area contributed by atoms with Crippen molar-refractivity contribution >= 4 is 23.2 Å². The van der Waals surface area contributed by atoms with Crippen LogP contribution in [0.2, 0.25) is 0 Å². The minimum Gasteiger partial charge on any atom is -0.484 e. The molecule has 124 valence electrons. The summed E-state index contributed by atoms with van der Waals surface area (Å²) in [5.74, 6) is -0.399. The molecule has 0 aromatic heterocycles. The summed E-state index contributed by atoms with van der Waals surface area (Å²) in [7, 11) is 0. The first-order chi connectivity index (χ1) is 11.5. The molecule has 1 heterocycles. The quantitative estimate of drug-likeness (QED) is 0.906. The molecule has 2 amide bonds. The van der Waals surface area contributed by atoms with Crippen LogP contribution in [-0.2, 0) is 16.0 Å². The molecule has 24 heavy (non-hydrogen) atoms. The Morgan fingerprint density at radius 3 is 2.92 bits per heavy atom. The van der Waals surface area contributed by atoms with Crippen LogP contribution in [0.4, 0.5) is 15.8 Å². The molecule has 5 nitrogen and oxygen atoms in total. The van der Waals surface area contributed by atoms with Gasteiger partial charge in [-0.15, -0.1) is 0 Å². The van der Waals surface area contributed by atoms with Crippen molar-refractivity contribution < 1.29 is 18.7 Å². The molecule has 1 aliphatic rings. The minimum absolute atomic E-state index is 0.00396. The van der Waals surface area contributed by atoms with E-state index in [4.69, 9.17) is 4.74 Å². The summed E-state index contributed by atoms with van der Waals surface area (Å²) < 4.78 is 19.1. The lowest BCUT2D eigenvalue weighted by Gasteiger charge is -2.17. The van der Waals surface area contributed by atoms with Gasteiger partial charge in [-0.3, -0.25) is 9.59 Å². The lowest BCUT2D eigenvalue weighted by atomic mass is 10.0. The number of halogens is 1. The fourth-order valence-corrected chi connectivity index (χ4v) is 2.52. The van der Waals surface area contributed by atoms with Crippen LogP contribution < -0.4 is 15.4 Å². The first-order valence-corrected chi connectivity index (χ1v) is 7.63. The number of nitrogens with one attached hydrogen (secondary N) is 2. The van der Waals surface area contributed by atoms with E-state index in [1.54, 1.807) is 30.3 Å². The maximum absolute atomic E-state index is 13.6. The van der Waals surface area contributed by atoms with Gasteiger partial charge in [0, 0.05) is 12.1 Å². The van der Waals surface area contributed by atoms with Gasteiger partial charge in [-0.25, -0.2) is 4.39 Å². The lowest BCUT2D eigenvalue weighted by molar-refractivity contribution is -0.118. The minimum atomic E-state index is -0.488. The molecule has 0 atom stereocenters. The molecule has 2 aromatic rings. The molecule has 3 rings (SSSR count). The van der Waals surface area contributed by atoms with Crippen molar-refractivity contribution in [2.75, 3.05) is 17.2 Å². The van der Waals surface area contributed by atoms with E-state index in [1.807, 2.05) is 6.92 Å². The van der Waals surface area contributed by atoms with Crippen molar-refractivity contribution in [2.24, 2.45) is 0 Å². The molecule has 1 aliphatic heterocycles. The predicted molar refractivity (Wildman–Crippen MR) is 88.7 cm³/mol. The first kappa shape index (κ1) is 16.0. The van der Waals surface area contributed by atoms with Gasteiger partial charge in [0.2, 0.25) is 5.91 Å². The fraction of sp³-hybridized carbons (Fsp3) is 0.222. The molecule has 0 radical (unpaired) electrons. The van der Waals surface area contributed by atoms with Gasteiger partial charge in [-0.2, -0.15) is 0 Å². The Bertz CT molecular complexity index is 805. The SMILES string of the molecule is Cc1ccc(F)c(NC(=O)COc2ccc3c(c2)CCC(=O)N3)c1. The number of benzene rings is 2. The monoisotopic (exact) mass is 328 g/mol. The Morgan fingerprint density at radius 2 is 2.08 bits per heavy atom. The van der Waals surface area contributed by atoms with E-state index in [2.05, 4.69) is 10.6 Å². The lowest BCUT2D eigenvalue weighted by Crippen LogP contribution is -2.21. The van der Waals surface area contributed by atoms with E-state index < -0.39 is 11.7 Å². The Balaban J connectivity index is 1.60. The van der Waals surface area contributed by atoms with Crippen LogP contribution in [0.5, 0.6) is 5.75 Å². The number of aryl methyl sites for hydroxylation is 2. The molecule has 0 spiro atoms. The highest BCUT2D eigenvalue weighted by Gasteiger charge is 2.15. The van der Waals surface area contributed by atoms with Crippen LogP contribution in [0.3, 0.4) is 0 Å². The summed E-state index contributed by atoms with van der Waals surface area (Å²) in [6, 6.07) is 9.74. The smallest absolute Gasteiger partial charge is 0.262 e. The van der Waals surface area contributed by atoms with Crippen LogP contribution in [0.1, 0.15) is 17.5 Å². The van der Waals surface area contributed by atoms with Crippen LogP contribution in [-0.4, -0.2) is 18.4 Å². The number of hydrogen-bond acceptors (Lipinski definition) is 3. The summed E-state index contributed by atoms with van der Waals surface area (Å²) >= 11 is 0. The molecule has 2 N–H and O–H groups in total. The standard InChI is InChI=1S/C18H17FN2O3/c1-11-2-5-14(19)16(8-11)21-18(23)10-24-13-4-6-15-12(9-13)3-7-17(22)20-15/h2,4-6,8-9H,3,7,10H2,1H3,(H,20,22)(H,21,23). The van der Waals surface area contributed by atoms with Crippen LogP contribution in [0.25, 0.3) is 0 Å². The van der Waals surface area contributed by atoms with Gasteiger partial charge in [0.05, 0.1) is 5.69 Å². The molecular formula is C18H17FN2O3. The highest BCUT2D eigenvalue weighted by atomic mass is 19.1. The zero-order valence-corrected chi connectivity index (χ0v) is 13.2. The Morgan fingerprint density at radius 1 is 1.25 bits per heavy atom. The first-order valence-electron chi connectivity index (χ1n) is 7.63. The number of carbonyl (C=O) groups excluding carboxylic acids is 2. The predicted octanol–water partition coefficient (Wildman–Crippen LogP) is 3.04. The van der Waals surface area contributed by atoms with Gasteiger partial charge >= 0.3 is 0 Å². The van der Waals surface area contributed by atoms with Gasteiger partial charge in [0.1, 0.15) is 11.6 Å². The maximum atomic E-state index is 13.6. The zero-order chi connectivity index (χ0) is 17.1. The third kappa shape index (κ3) is 3.71. The number of amides is 2. The third-order valence-corrected chi connectivity index (χ3v) is 3.74. The average Bonchev–Trinajstić information content (AvgIpc) is 2.56. The molecule has 6 heteroatoms. The fourth-order valence-electron chi connectivity index (χ4n) is 2.52. The van der Waals surface area contributed by atoms with Crippen LogP contribution >= 0.6 is 0 Å². The van der Waals surface area contributed by atoms with Gasteiger partial charge in [0.25, 0.3) is 5.91 Å². The highest BCUT2D eigenvalue weighted by molar-refractivity contribution is 5.94. The second-order valence-electron chi connectivity index (χ2n) is 5.69. The van der Waals surface area contributed by atoms with Gasteiger partial charge in [-0.1, -0.05) is 6.07 Å². The van der Waals surface area contributed by atoms with Crippen molar-refractivity contribution in [1.29, 1.82) is 0 Å². The van der Waals surface area contributed by atoms with Crippen molar-refractivity contribution in [1.82, 2.24) is 0 Å². The van der Waals surface area contributed by atoms with E-state index in [9.17, 15) is 14.0 Å². The largest absolute Gasteiger partial charge is 0.484 e. The second kappa shape index (κ2) is 6.70. The number of fused-ring (bicyclic) bond motifs is 1. The normalized spacial score (nSPS) is 13.0.